The summed E-state index contributed by atoms with van der Waals surface area (Å²) in [6.07, 6.45) is 3.62. The zero-order valence-electron chi connectivity index (χ0n) is 15.8. The molecule has 0 saturated carbocycles. The van der Waals surface area contributed by atoms with Gasteiger partial charge < -0.3 is 19.7 Å². The van der Waals surface area contributed by atoms with Crippen LogP contribution in [-0.2, 0) is 14.3 Å². The fraction of sp³-hybridized carbons (Fsp3) is 0.333. The smallest absolute Gasteiger partial charge is 0.344 e. The Balaban J connectivity index is 1.40. The lowest BCUT2D eigenvalue weighted by Crippen LogP contribution is -2.29. The number of piperidine rings is 1. The molecule has 0 radical (unpaired) electrons. The number of halogens is 2. The topological polar surface area (TPSA) is 67.9 Å². The number of amides is 1. The van der Waals surface area contributed by atoms with Gasteiger partial charge in [0.25, 0.3) is 5.91 Å². The van der Waals surface area contributed by atoms with E-state index in [0.717, 1.165) is 30.9 Å². The van der Waals surface area contributed by atoms with Crippen molar-refractivity contribution >= 4 is 23.3 Å². The molecule has 1 saturated heterocycles. The number of ether oxygens (including phenoxy) is 2. The van der Waals surface area contributed by atoms with Crippen molar-refractivity contribution in [2.24, 2.45) is 0 Å². The Morgan fingerprint density at radius 2 is 1.69 bits per heavy atom. The number of anilines is 2. The maximum atomic E-state index is 13.4. The molecule has 1 N–H and O–H groups in total. The molecule has 0 spiro atoms. The molecular formula is C21H22F2N2O4. The number of carbonyl (C=O) groups is 2. The molecular weight excluding hydrogens is 382 g/mol. The third kappa shape index (κ3) is 6.17. The molecule has 1 heterocycles. The van der Waals surface area contributed by atoms with Crippen LogP contribution in [0.2, 0.25) is 0 Å². The predicted molar refractivity (Wildman–Crippen MR) is 104 cm³/mol. The maximum Gasteiger partial charge on any atom is 0.344 e. The minimum atomic E-state index is -0.927. The summed E-state index contributed by atoms with van der Waals surface area (Å²) >= 11 is 0. The summed E-state index contributed by atoms with van der Waals surface area (Å²) in [7, 11) is 0. The van der Waals surface area contributed by atoms with E-state index in [2.05, 4.69) is 10.2 Å². The van der Waals surface area contributed by atoms with E-state index in [9.17, 15) is 18.4 Å². The van der Waals surface area contributed by atoms with Gasteiger partial charge in [0.2, 0.25) is 0 Å². The molecule has 2 aromatic carbocycles. The largest absolute Gasteiger partial charge is 0.479 e. The predicted octanol–water partition coefficient (Wildman–Crippen LogP) is 3.52. The quantitative estimate of drug-likeness (QED) is 0.716. The molecule has 0 atom stereocenters. The second kappa shape index (κ2) is 9.86. The number of nitrogens with zero attached hydrogens (tertiary/aromatic N) is 1. The Morgan fingerprint density at radius 1 is 0.966 bits per heavy atom. The first-order valence-electron chi connectivity index (χ1n) is 9.39. The summed E-state index contributed by atoms with van der Waals surface area (Å²) < 4.78 is 36.0. The molecule has 29 heavy (non-hydrogen) atoms. The Bertz CT molecular complexity index is 852. The molecule has 1 amide bonds. The number of nitrogens with one attached hydrogen (secondary N) is 1. The highest BCUT2D eigenvalue weighted by molar-refractivity contribution is 5.93. The normalized spacial score (nSPS) is 13.7. The van der Waals surface area contributed by atoms with Gasteiger partial charge in [-0.3, -0.25) is 4.79 Å². The molecule has 1 aliphatic heterocycles. The number of hydrogen-bond donors (Lipinski definition) is 1. The summed E-state index contributed by atoms with van der Waals surface area (Å²) in [6.45, 7) is 0.972. The first-order valence-corrected chi connectivity index (χ1v) is 9.39. The van der Waals surface area contributed by atoms with Crippen LogP contribution in [0.5, 0.6) is 5.75 Å². The van der Waals surface area contributed by atoms with Crippen molar-refractivity contribution in [2.75, 3.05) is 36.5 Å². The highest BCUT2D eigenvalue weighted by Gasteiger charge is 2.13. The van der Waals surface area contributed by atoms with Gasteiger partial charge in [0.15, 0.2) is 24.8 Å². The highest BCUT2D eigenvalue weighted by atomic mass is 19.1. The molecule has 2 aromatic rings. The van der Waals surface area contributed by atoms with Crippen molar-refractivity contribution < 1.29 is 27.8 Å². The van der Waals surface area contributed by atoms with Gasteiger partial charge in [-0.15, -0.1) is 0 Å². The van der Waals surface area contributed by atoms with E-state index in [-0.39, 0.29) is 5.75 Å². The second-order valence-electron chi connectivity index (χ2n) is 6.67. The van der Waals surface area contributed by atoms with E-state index < -0.39 is 36.7 Å². The lowest BCUT2D eigenvalue weighted by molar-refractivity contribution is -0.149. The van der Waals surface area contributed by atoms with Gasteiger partial charge in [-0.1, -0.05) is 0 Å². The minimum absolute atomic E-state index is 0.276. The van der Waals surface area contributed by atoms with Crippen molar-refractivity contribution in [1.29, 1.82) is 0 Å². The van der Waals surface area contributed by atoms with Crippen LogP contribution in [0.3, 0.4) is 0 Å². The molecule has 1 fully saturated rings. The average molecular weight is 404 g/mol. The summed E-state index contributed by atoms with van der Waals surface area (Å²) in [5.74, 6) is -3.30. The van der Waals surface area contributed by atoms with E-state index in [1.807, 2.05) is 12.1 Å². The van der Waals surface area contributed by atoms with Crippen LogP contribution in [0.25, 0.3) is 0 Å². The molecule has 0 bridgehead atoms. The van der Waals surface area contributed by atoms with Crippen LogP contribution in [-0.4, -0.2) is 38.2 Å². The van der Waals surface area contributed by atoms with Gasteiger partial charge in [0, 0.05) is 30.5 Å². The number of carbonyl (C=O) groups excluding carboxylic acids is 2. The van der Waals surface area contributed by atoms with Crippen LogP contribution in [0.4, 0.5) is 20.2 Å². The summed E-state index contributed by atoms with van der Waals surface area (Å²) in [5.41, 5.74) is 1.70. The van der Waals surface area contributed by atoms with Crippen LogP contribution in [0.15, 0.2) is 42.5 Å². The number of benzene rings is 2. The molecule has 3 rings (SSSR count). The zero-order chi connectivity index (χ0) is 20.6. The maximum absolute atomic E-state index is 13.4. The van der Waals surface area contributed by atoms with E-state index in [1.54, 1.807) is 12.1 Å². The minimum Gasteiger partial charge on any atom is -0.479 e. The van der Waals surface area contributed by atoms with Crippen molar-refractivity contribution in [3.05, 3.63) is 54.1 Å². The first kappa shape index (κ1) is 20.6. The third-order valence-corrected chi connectivity index (χ3v) is 4.48. The third-order valence-electron chi connectivity index (χ3n) is 4.48. The van der Waals surface area contributed by atoms with E-state index in [1.165, 1.54) is 19.3 Å². The summed E-state index contributed by atoms with van der Waals surface area (Å²) in [5, 5.41) is 2.64. The Kier molecular flexibility index (Phi) is 6.99. The number of hydrogen-bond acceptors (Lipinski definition) is 5. The first-order chi connectivity index (χ1) is 14.0. The van der Waals surface area contributed by atoms with Crippen LogP contribution in [0.1, 0.15) is 19.3 Å². The Morgan fingerprint density at radius 3 is 2.38 bits per heavy atom. The zero-order valence-corrected chi connectivity index (χ0v) is 15.8. The molecule has 8 heteroatoms. The molecule has 154 valence electrons. The lowest BCUT2D eigenvalue weighted by Gasteiger charge is -2.28. The van der Waals surface area contributed by atoms with Gasteiger partial charge in [-0.25, -0.2) is 13.6 Å². The lowest BCUT2D eigenvalue weighted by atomic mass is 10.1. The molecule has 0 aliphatic carbocycles. The van der Waals surface area contributed by atoms with Crippen molar-refractivity contribution in [2.45, 2.75) is 19.3 Å². The standard InChI is InChI=1S/C21H22F2N2O4/c22-15-4-9-19(18(23)12-15)28-14-21(27)29-13-20(26)24-16-5-7-17(8-6-16)25-10-2-1-3-11-25/h4-9,12H,1-3,10-11,13-14H2,(H,24,26). The number of rotatable bonds is 7. The van der Waals surface area contributed by atoms with Gasteiger partial charge in [-0.2, -0.15) is 0 Å². The van der Waals surface area contributed by atoms with Gasteiger partial charge in [0.05, 0.1) is 0 Å². The fourth-order valence-corrected chi connectivity index (χ4v) is 3.02. The van der Waals surface area contributed by atoms with E-state index >= 15 is 0 Å². The van der Waals surface area contributed by atoms with Crippen molar-refractivity contribution in [3.8, 4) is 5.75 Å². The van der Waals surface area contributed by atoms with Crippen molar-refractivity contribution in [1.82, 2.24) is 0 Å². The molecule has 0 unspecified atom stereocenters. The van der Waals surface area contributed by atoms with Gasteiger partial charge in [0.1, 0.15) is 5.82 Å². The van der Waals surface area contributed by atoms with Crippen LogP contribution < -0.4 is 15.0 Å². The highest BCUT2D eigenvalue weighted by Crippen LogP contribution is 2.22. The van der Waals surface area contributed by atoms with E-state index in [0.29, 0.717) is 11.8 Å². The van der Waals surface area contributed by atoms with Crippen molar-refractivity contribution in [3.63, 3.8) is 0 Å². The number of esters is 1. The van der Waals surface area contributed by atoms with Crippen LogP contribution in [0, 0.1) is 11.6 Å². The second-order valence-corrected chi connectivity index (χ2v) is 6.67. The van der Waals surface area contributed by atoms with Gasteiger partial charge >= 0.3 is 5.97 Å². The SMILES string of the molecule is O=C(COC(=O)COc1ccc(F)cc1F)Nc1ccc(N2CCCCC2)cc1. The van der Waals surface area contributed by atoms with Gasteiger partial charge in [-0.05, 0) is 55.7 Å². The Hall–Kier alpha value is -3.16. The summed E-state index contributed by atoms with van der Waals surface area (Å²) in [6, 6.07) is 10.2. The summed E-state index contributed by atoms with van der Waals surface area (Å²) in [4.78, 5) is 25.9. The van der Waals surface area contributed by atoms with Crippen LogP contribution >= 0.6 is 0 Å². The Labute approximate surface area is 167 Å². The van der Waals surface area contributed by atoms with E-state index in [4.69, 9.17) is 9.47 Å². The molecule has 6 nitrogen and oxygen atoms in total. The monoisotopic (exact) mass is 404 g/mol. The average Bonchev–Trinajstić information content (AvgIpc) is 2.73. The molecule has 0 aromatic heterocycles. The molecule has 1 aliphatic rings. The fourth-order valence-electron chi connectivity index (χ4n) is 3.02.